The number of carbonyl (C=O) groups is 4. The Labute approximate surface area is 234 Å². The number of carbonyl (C=O) groups excluding carboxylic acids is 4. The van der Waals surface area contributed by atoms with Gasteiger partial charge in [0, 0.05) is 22.7 Å². The summed E-state index contributed by atoms with van der Waals surface area (Å²) in [6, 6.07) is 27.0. The fourth-order valence-corrected chi connectivity index (χ4v) is 4.86. The number of methoxy groups -OCH3 is 1. The van der Waals surface area contributed by atoms with Gasteiger partial charge in [0.25, 0.3) is 11.8 Å². The van der Waals surface area contributed by atoms with Gasteiger partial charge in [-0.2, -0.15) is 0 Å². The number of hydrogen-bond acceptors (Lipinski definition) is 6. The van der Waals surface area contributed by atoms with Crippen molar-refractivity contribution in [3.63, 3.8) is 0 Å². The molecule has 0 bridgehead atoms. The van der Waals surface area contributed by atoms with Crippen LogP contribution in [0.1, 0.15) is 21.9 Å². The Hall–Kier alpha value is -5.70. The molecule has 1 saturated heterocycles. The predicted molar refractivity (Wildman–Crippen MR) is 152 cm³/mol. The number of fused-ring (bicyclic) bond motifs is 1. The quantitative estimate of drug-likeness (QED) is 0.155. The molecule has 0 atom stereocenters. The van der Waals surface area contributed by atoms with Crippen molar-refractivity contribution >= 4 is 52.2 Å². The molecule has 2 aromatic heterocycles. The molecule has 41 heavy (non-hydrogen) atoms. The third kappa shape index (κ3) is 4.59. The van der Waals surface area contributed by atoms with E-state index in [0.717, 1.165) is 20.7 Å². The van der Waals surface area contributed by atoms with Gasteiger partial charge in [0.05, 0.1) is 25.0 Å². The number of nitrogens with zero attached hydrogens (tertiary/aromatic N) is 3. The topological polar surface area (TPSA) is 102 Å². The number of aromatic nitrogens is 1. The first kappa shape index (κ1) is 25.6. The van der Waals surface area contributed by atoms with Crippen molar-refractivity contribution in [3.8, 4) is 0 Å². The SMILES string of the molecule is COC(=O)c1ccc(Cn2cc(C=C3C(=O)N(c4ccccc4)C(=O)N(c4ccccc4)C3=O)c3ccccc32)o1. The highest BCUT2D eigenvalue weighted by atomic mass is 16.5. The smallest absolute Gasteiger partial charge is 0.373 e. The zero-order chi connectivity index (χ0) is 28.5. The molecular weight excluding hydrogens is 522 g/mol. The molecule has 0 radical (unpaired) electrons. The number of para-hydroxylation sites is 3. The summed E-state index contributed by atoms with van der Waals surface area (Å²) >= 11 is 0. The van der Waals surface area contributed by atoms with E-state index >= 15 is 0 Å². The number of urea groups is 1. The van der Waals surface area contributed by atoms with Crippen molar-refractivity contribution in [2.24, 2.45) is 0 Å². The van der Waals surface area contributed by atoms with E-state index in [1.54, 1.807) is 79.0 Å². The van der Waals surface area contributed by atoms with E-state index in [-0.39, 0.29) is 17.9 Å². The highest BCUT2D eigenvalue weighted by molar-refractivity contribution is 6.46. The van der Waals surface area contributed by atoms with Crippen LogP contribution >= 0.6 is 0 Å². The van der Waals surface area contributed by atoms with Crippen LogP contribution in [0.15, 0.2) is 113 Å². The van der Waals surface area contributed by atoms with Gasteiger partial charge in [-0.1, -0.05) is 54.6 Å². The summed E-state index contributed by atoms with van der Waals surface area (Å²) in [5.74, 6) is -1.40. The van der Waals surface area contributed by atoms with Crippen LogP contribution in [0.4, 0.5) is 16.2 Å². The molecule has 1 fully saturated rings. The van der Waals surface area contributed by atoms with Gasteiger partial charge in [0.1, 0.15) is 11.3 Å². The Bertz CT molecular complexity index is 1770. The highest BCUT2D eigenvalue weighted by Gasteiger charge is 2.43. The first-order chi connectivity index (χ1) is 20.0. The minimum Gasteiger partial charge on any atom is -0.463 e. The van der Waals surface area contributed by atoms with Crippen LogP contribution < -0.4 is 9.80 Å². The highest BCUT2D eigenvalue weighted by Crippen LogP contribution is 2.31. The number of benzene rings is 3. The van der Waals surface area contributed by atoms with E-state index in [0.29, 0.717) is 22.7 Å². The molecule has 4 amide bonds. The van der Waals surface area contributed by atoms with Crippen molar-refractivity contribution in [1.82, 2.24) is 4.57 Å². The van der Waals surface area contributed by atoms with E-state index < -0.39 is 23.8 Å². The van der Waals surface area contributed by atoms with Gasteiger partial charge in [0.15, 0.2) is 0 Å². The summed E-state index contributed by atoms with van der Waals surface area (Å²) in [6.07, 6.45) is 3.32. The molecule has 0 saturated carbocycles. The molecule has 0 unspecified atom stereocenters. The second-order valence-electron chi connectivity index (χ2n) is 9.28. The summed E-state index contributed by atoms with van der Waals surface area (Å²) in [5, 5.41) is 0.787. The lowest BCUT2D eigenvalue weighted by Crippen LogP contribution is -2.57. The van der Waals surface area contributed by atoms with Gasteiger partial charge in [-0.05, 0) is 48.5 Å². The summed E-state index contributed by atoms with van der Waals surface area (Å²) in [5.41, 5.74) is 1.97. The minimum absolute atomic E-state index is 0.0892. The van der Waals surface area contributed by atoms with Crippen molar-refractivity contribution < 1.29 is 28.3 Å². The number of furan rings is 1. The summed E-state index contributed by atoms with van der Waals surface area (Å²) in [4.78, 5) is 55.0. The molecular formula is C32H23N3O6. The molecule has 9 nitrogen and oxygen atoms in total. The minimum atomic E-state index is -0.754. The lowest BCUT2D eigenvalue weighted by atomic mass is 10.0. The van der Waals surface area contributed by atoms with Gasteiger partial charge in [-0.3, -0.25) is 9.59 Å². The first-order valence-corrected chi connectivity index (χ1v) is 12.8. The lowest BCUT2D eigenvalue weighted by molar-refractivity contribution is -0.121. The van der Waals surface area contributed by atoms with Crippen molar-refractivity contribution in [3.05, 3.63) is 126 Å². The number of barbiturate groups is 1. The monoisotopic (exact) mass is 545 g/mol. The van der Waals surface area contributed by atoms with Gasteiger partial charge < -0.3 is 13.7 Å². The van der Waals surface area contributed by atoms with E-state index in [1.165, 1.54) is 13.2 Å². The molecule has 202 valence electrons. The maximum absolute atomic E-state index is 13.8. The fraction of sp³-hybridized carbons (Fsp3) is 0.0625. The molecule has 0 spiro atoms. The van der Waals surface area contributed by atoms with Crippen molar-refractivity contribution in [2.45, 2.75) is 6.54 Å². The van der Waals surface area contributed by atoms with Gasteiger partial charge in [0.2, 0.25) is 5.76 Å². The van der Waals surface area contributed by atoms with Gasteiger partial charge >= 0.3 is 12.0 Å². The molecule has 0 N–H and O–H groups in total. The van der Waals surface area contributed by atoms with E-state index in [9.17, 15) is 19.2 Å². The zero-order valence-corrected chi connectivity index (χ0v) is 21.9. The number of anilines is 2. The normalized spacial score (nSPS) is 13.7. The Morgan fingerprint density at radius 1 is 0.780 bits per heavy atom. The first-order valence-electron chi connectivity index (χ1n) is 12.8. The van der Waals surface area contributed by atoms with Gasteiger partial charge in [-0.15, -0.1) is 0 Å². The van der Waals surface area contributed by atoms with Crippen LogP contribution in [0.5, 0.6) is 0 Å². The average molecular weight is 546 g/mol. The van der Waals surface area contributed by atoms with Crippen molar-refractivity contribution in [2.75, 3.05) is 16.9 Å². The summed E-state index contributed by atoms with van der Waals surface area (Å²) in [7, 11) is 1.28. The largest absolute Gasteiger partial charge is 0.463 e. The van der Waals surface area contributed by atoms with Gasteiger partial charge in [-0.25, -0.2) is 19.4 Å². The van der Waals surface area contributed by atoms with Crippen LogP contribution in [-0.2, 0) is 20.9 Å². The molecule has 9 heteroatoms. The number of esters is 1. The molecule has 3 heterocycles. The van der Waals surface area contributed by atoms with E-state index in [4.69, 9.17) is 9.15 Å². The maximum atomic E-state index is 13.8. The van der Waals surface area contributed by atoms with Crippen LogP contribution in [0.2, 0.25) is 0 Å². The molecule has 1 aliphatic rings. The number of amides is 4. The van der Waals surface area contributed by atoms with E-state index in [2.05, 4.69) is 0 Å². The Kier molecular flexibility index (Phi) is 6.52. The molecule has 0 aliphatic carbocycles. The van der Waals surface area contributed by atoms with Crippen LogP contribution in [0.25, 0.3) is 17.0 Å². The predicted octanol–water partition coefficient (Wildman–Crippen LogP) is 5.65. The van der Waals surface area contributed by atoms with E-state index in [1.807, 2.05) is 28.8 Å². The number of ether oxygens (including phenoxy) is 1. The zero-order valence-electron chi connectivity index (χ0n) is 21.9. The van der Waals surface area contributed by atoms with Crippen molar-refractivity contribution in [1.29, 1.82) is 0 Å². The Morgan fingerprint density at radius 3 is 1.98 bits per heavy atom. The Balaban J connectivity index is 1.45. The standard InChI is InChI=1S/C32H23N3O6/c1-40-31(38)28-17-16-24(41-28)20-33-19-21(25-14-8-9-15-27(25)33)18-26-29(36)34(22-10-4-2-5-11-22)32(39)35(30(26)37)23-12-6-3-7-13-23/h2-19H,20H2,1H3. The third-order valence-corrected chi connectivity index (χ3v) is 6.77. The third-order valence-electron chi connectivity index (χ3n) is 6.77. The Morgan fingerprint density at radius 2 is 1.37 bits per heavy atom. The average Bonchev–Trinajstić information content (AvgIpc) is 3.61. The fourth-order valence-electron chi connectivity index (χ4n) is 4.86. The number of rotatable bonds is 6. The second-order valence-corrected chi connectivity index (χ2v) is 9.28. The molecule has 1 aliphatic heterocycles. The van der Waals surface area contributed by atoms with Crippen LogP contribution in [0.3, 0.4) is 0 Å². The number of hydrogen-bond donors (Lipinski definition) is 0. The summed E-state index contributed by atoms with van der Waals surface area (Å²) < 4.78 is 12.3. The summed E-state index contributed by atoms with van der Waals surface area (Å²) in [6.45, 7) is 0.285. The van der Waals surface area contributed by atoms with Crippen LogP contribution in [-0.4, -0.2) is 35.5 Å². The molecule has 6 rings (SSSR count). The van der Waals surface area contributed by atoms with Crippen LogP contribution in [0, 0.1) is 0 Å². The second kappa shape index (κ2) is 10.5. The molecule has 5 aromatic rings. The lowest BCUT2D eigenvalue weighted by Gasteiger charge is -2.33. The maximum Gasteiger partial charge on any atom is 0.373 e. The number of imide groups is 2. The molecule has 3 aromatic carbocycles.